The number of amides is 1. The Hall–Kier alpha value is -3.08. The average Bonchev–Trinajstić information content (AvgIpc) is 2.92. The van der Waals surface area contributed by atoms with Crippen LogP contribution in [0.1, 0.15) is 34.0 Å². The van der Waals surface area contributed by atoms with Crippen LogP contribution in [0.3, 0.4) is 0 Å². The number of carbonyl (C=O) groups is 2. The van der Waals surface area contributed by atoms with Crippen LogP contribution in [0.4, 0.5) is 0 Å². The number of aryl methyl sites for hydroxylation is 1. The summed E-state index contributed by atoms with van der Waals surface area (Å²) in [4.78, 5) is 23.4. The number of hydrogen-bond donors (Lipinski definition) is 1. The molecule has 3 rings (SSSR count). The fourth-order valence-corrected chi connectivity index (χ4v) is 2.67. The Morgan fingerprint density at radius 2 is 1.92 bits per heavy atom. The lowest BCUT2D eigenvalue weighted by Gasteiger charge is -2.09. The summed E-state index contributed by atoms with van der Waals surface area (Å²) in [5.41, 5.74) is 8.38. The molecular formula is C20H19NO4. The molecule has 1 amide bonds. The van der Waals surface area contributed by atoms with E-state index in [9.17, 15) is 9.59 Å². The van der Waals surface area contributed by atoms with Crippen molar-refractivity contribution in [2.24, 2.45) is 5.73 Å². The predicted octanol–water partition coefficient (Wildman–Crippen LogP) is 3.04. The second-order valence-corrected chi connectivity index (χ2v) is 5.86. The minimum atomic E-state index is -0.562. The summed E-state index contributed by atoms with van der Waals surface area (Å²) in [7, 11) is 0. The van der Waals surface area contributed by atoms with Crippen LogP contribution in [-0.2, 0) is 11.2 Å². The van der Waals surface area contributed by atoms with Gasteiger partial charge in [0.2, 0.25) is 5.78 Å². The molecule has 0 unspecified atom stereocenters. The van der Waals surface area contributed by atoms with Crippen LogP contribution in [0.25, 0.3) is 6.08 Å². The summed E-state index contributed by atoms with van der Waals surface area (Å²) in [5, 5.41) is 0. The summed E-state index contributed by atoms with van der Waals surface area (Å²) in [6, 6.07) is 11.3. The third-order valence-corrected chi connectivity index (χ3v) is 4.09. The number of fused-ring (bicyclic) bond motifs is 1. The number of primary amides is 1. The van der Waals surface area contributed by atoms with Gasteiger partial charge in [0.25, 0.3) is 5.91 Å². The number of nitrogens with two attached hydrogens (primary N) is 1. The maximum absolute atomic E-state index is 12.5. The molecule has 0 aliphatic carbocycles. The Labute approximate surface area is 146 Å². The molecule has 5 heteroatoms. The van der Waals surface area contributed by atoms with Crippen molar-refractivity contribution in [1.82, 2.24) is 0 Å². The van der Waals surface area contributed by atoms with E-state index in [1.807, 2.05) is 24.3 Å². The van der Waals surface area contributed by atoms with Gasteiger partial charge in [-0.2, -0.15) is 0 Å². The molecule has 2 N–H and O–H groups in total. The molecule has 0 saturated heterocycles. The summed E-state index contributed by atoms with van der Waals surface area (Å²) in [6.45, 7) is 3.65. The fourth-order valence-electron chi connectivity index (χ4n) is 2.67. The van der Waals surface area contributed by atoms with Crippen LogP contribution in [0, 0.1) is 6.92 Å². The number of benzene rings is 2. The number of ketones is 1. The SMILES string of the molecule is CCc1ccc(/C=C2\Oc3c(ccc(OCC(N)=O)c3C)C2=O)cc1. The minimum absolute atomic E-state index is 0.167. The molecule has 0 atom stereocenters. The Morgan fingerprint density at radius 1 is 1.20 bits per heavy atom. The Morgan fingerprint density at radius 3 is 2.56 bits per heavy atom. The van der Waals surface area contributed by atoms with Crippen molar-refractivity contribution in [3.05, 3.63) is 64.4 Å². The van der Waals surface area contributed by atoms with Gasteiger partial charge in [-0.15, -0.1) is 0 Å². The molecule has 0 radical (unpaired) electrons. The number of allylic oxidation sites excluding steroid dienone is 1. The third kappa shape index (κ3) is 3.40. The Balaban J connectivity index is 1.88. The topological polar surface area (TPSA) is 78.6 Å². The van der Waals surface area contributed by atoms with E-state index in [1.165, 1.54) is 5.56 Å². The van der Waals surface area contributed by atoms with E-state index in [2.05, 4.69) is 6.92 Å². The van der Waals surface area contributed by atoms with E-state index in [1.54, 1.807) is 25.1 Å². The summed E-state index contributed by atoms with van der Waals surface area (Å²) in [6.07, 6.45) is 2.69. The number of rotatable bonds is 5. The van der Waals surface area contributed by atoms with Gasteiger partial charge >= 0.3 is 0 Å². The molecular weight excluding hydrogens is 318 g/mol. The quantitative estimate of drug-likeness (QED) is 0.851. The van der Waals surface area contributed by atoms with E-state index in [0.29, 0.717) is 22.6 Å². The first kappa shape index (κ1) is 16.8. The molecule has 1 heterocycles. The molecule has 0 fully saturated rings. The largest absolute Gasteiger partial charge is 0.483 e. The van der Waals surface area contributed by atoms with Crippen LogP contribution in [0.15, 0.2) is 42.2 Å². The standard InChI is InChI=1S/C20H19NO4/c1-3-13-4-6-14(7-5-13)10-17-19(23)15-8-9-16(24-11-18(21)22)12(2)20(15)25-17/h4-10H,3,11H2,1-2H3,(H2,21,22)/b17-10-. The first-order valence-corrected chi connectivity index (χ1v) is 8.07. The molecule has 0 spiro atoms. The highest BCUT2D eigenvalue weighted by molar-refractivity contribution is 6.14. The predicted molar refractivity (Wildman–Crippen MR) is 94.6 cm³/mol. The molecule has 1 aliphatic rings. The second kappa shape index (κ2) is 6.81. The number of Topliss-reactive ketones (excluding diaryl/α,β-unsaturated/α-hetero) is 1. The van der Waals surface area contributed by atoms with Gasteiger partial charge in [-0.05, 0) is 42.7 Å². The Kier molecular flexibility index (Phi) is 4.57. The van der Waals surface area contributed by atoms with Crippen molar-refractivity contribution < 1.29 is 19.1 Å². The molecule has 2 aromatic carbocycles. The number of carbonyl (C=O) groups excluding carboxylic acids is 2. The minimum Gasteiger partial charge on any atom is -0.483 e. The monoisotopic (exact) mass is 337 g/mol. The lowest BCUT2D eigenvalue weighted by molar-refractivity contribution is -0.119. The van der Waals surface area contributed by atoms with Crippen molar-refractivity contribution in [1.29, 1.82) is 0 Å². The van der Waals surface area contributed by atoms with Gasteiger partial charge in [-0.25, -0.2) is 0 Å². The maximum atomic E-state index is 12.5. The lowest BCUT2D eigenvalue weighted by atomic mass is 10.0. The van der Waals surface area contributed by atoms with Crippen molar-refractivity contribution in [2.45, 2.75) is 20.3 Å². The van der Waals surface area contributed by atoms with Crippen molar-refractivity contribution in [2.75, 3.05) is 6.61 Å². The summed E-state index contributed by atoms with van der Waals surface area (Å²) >= 11 is 0. The van der Waals surface area contributed by atoms with Crippen LogP contribution < -0.4 is 15.2 Å². The molecule has 25 heavy (non-hydrogen) atoms. The first-order chi connectivity index (χ1) is 12.0. The van der Waals surface area contributed by atoms with E-state index in [0.717, 1.165) is 12.0 Å². The van der Waals surface area contributed by atoms with Gasteiger partial charge in [0.05, 0.1) is 5.56 Å². The maximum Gasteiger partial charge on any atom is 0.255 e. The van der Waals surface area contributed by atoms with Crippen molar-refractivity contribution >= 4 is 17.8 Å². The van der Waals surface area contributed by atoms with Gasteiger partial charge in [-0.3, -0.25) is 9.59 Å². The van der Waals surface area contributed by atoms with E-state index in [4.69, 9.17) is 15.2 Å². The van der Waals surface area contributed by atoms with E-state index >= 15 is 0 Å². The molecule has 2 aromatic rings. The molecule has 128 valence electrons. The summed E-state index contributed by atoms with van der Waals surface area (Å²) in [5.74, 6) is 0.476. The summed E-state index contributed by atoms with van der Waals surface area (Å²) < 4.78 is 11.1. The smallest absolute Gasteiger partial charge is 0.255 e. The molecule has 5 nitrogen and oxygen atoms in total. The van der Waals surface area contributed by atoms with Crippen molar-refractivity contribution in [3.63, 3.8) is 0 Å². The van der Waals surface area contributed by atoms with E-state index in [-0.39, 0.29) is 18.1 Å². The number of ether oxygens (including phenoxy) is 2. The molecule has 0 bridgehead atoms. The first-order valence-electron chi connectivity index (χ1n) is 8.07. The van der Waals surface area contributed by atoms with Crippen LogP contribution in [-0.4, -0.2) is 18.3 Å². The van der Waals surface area contributed by atoms with E-state index < -0.39 is 5.91 Å². The third-order valence-electron chi connectivity index (χ3n) is 4.09. The van der Waals surface area contributed by atoms with Crippen LogP contribution in [0.5, 0.6) is 11.5 Å². The van der Waals surface area contributed by atoms with Crippen LogP contribution >= 0.6 is 0 Å². The lowest BCUT2D eigenvalue weighted by Crippen LogP contribution is -2.20. The normalized spacial score (nSPS) is 14.3. The Bertz CT molecular complexity index is 866. The zero-order valence-electron chi connectivity index (χ0n) is 14.2. The van der Waals surface area contributed by atoms with Gasteiger partial charge in [0.15, 0.2) is 12.4 Å². The van der Waals surface area contributed by atoms with Gasteiger partial charge < -0.3 is 15.2 Å². The zero-order valence-corrected chi connectivity index (χ0v) is 14.2. The second-order valence-electron chi connectivity index (χ2n) is 5.86. The van der Waals surface area contributed by atoms with Gasteiger partial charge in [0, 0.05) is 5.56 Å². The van der Waals surface area contributed by atoms with Gasteiger partial charge in [-0.1, -0.05) is 31.2 Å². The molecule has 0 aromatic heterocycles. The average molecular weight is 337 g/mol. The fraction of sp³-hybridized carbons (Fsp3) is 0.200. The number of hydrogen-bond acceptors (Lipinski definition) is 4. The highest BCUT2D eigenvalue weighted by Crippen LogP contribution is 2.39. The van der Waals surface area contributed by atoms with Crippen LogP contribution in [0.2, 0.25) is 0 Å². The highest BCUT2D eigenvalue weighted by Gasteiger charge is 2.30. The van der Waals surface area contributed by atoms with Gasteiger partial charge in [0.1, 0.15) is 11.5 Å². The molecule has 1 aliphatic heterocycles. The van der Waals surface area contributed by atoms with Crippen molar-refractivity contribution in [3.8, 4) is 11.5 Å². The zero-order chi connectivity index (χ0) is 18.0. The highest BCUT2D eigenvalue weighted by atomic mass is 16.5. The molecule has 0 saturated carbocycles.